The van der Waals surface area contributed by atoms with Gasteiger partial charge in [0.25, 0.3) is 11.7 Å². The highest BCUT2D eigenvalue weighted by molar-refractivity contribution is 6.52. The zero-order valence-corrected chi connectivity index (χ0v) is 10.5. The monoisotopic (exact) mass is 263 g/mol. The van der Waals surface area contributed by atoms with E-state index in [4.69, 9.17) is 0 Å². The Kier molecular flexibility index (Phi) is 2.67. The Labute approximate surface area is 109 Å². The van der Waals surface area contributed by atoms with Crippen molar-refractivity contribution in [2.75, 3.05) is 4.90 Å². The van der Waals surface area contributed by atoms with Gasteiger partial charge in [-0.2, -0.15) is 0 Å². The molecule has 0 saturated heterocycles. The number of amides is 1. The number of fused-ring (bicyclic) bond motifs is 1. The average Bonchev–Trinajstić information content (AvgIpc) is 2.85. The van der Waals surface area contributed by atoms with Crippen LogP contribution in [0.5, 0.6) is 0 Å². The van der Waals surface area contributed by atoms with Crippen molar-refractivity contribution in [2.45, 2.75) is 38.3 Å². The maximum atomic E-state index is 14.1. The summed E-state index contributed by atoms with van der Waals surface area (Å²) in [5, 5.41) is 9.90. The van der Waals surface area contributed by atoms with Gasteiger partial charge in [0, 0.05) is 0 Å². The van der Waals surface area contributed by atoms with Gasteiger partial charge in [-0.15, -0.1) is 0 Å². The molecular formula is C14H14FNO3. The number of aliphatic hydroxyl groups excluding tert-OH is 1. The molecule has 1 saturated carbocycles. The summed E-state index contributed by atoms with van der Waals surface area (Å²) < 4.78 is 14.1. The average molecular weight is 263 g/mol. The fraction of sp³-hybridized carbons (Fsp3) is 0.429. The molecule has 1 aromatic carbocycles. The minimum atomic E-state index is -0.731. The van der Waals surface area contributed by atoms with Crippen LogP contribution in [-0.2, 0) is 4.79 Å². The molecule has 1 fully saturated rings. The molecule has 2 aliphatic rings. The Morgan fingerprint density at radius 3 is 2.68 bits per heavy atom. The zero-order chi connectivity index (χ0) is 13.7. The van der Waals surface area contributed by atoms with E-state index in [0.29, 0.717) is 18.4 Å². The van der Waals surface area contributed by atoms with Gasteiger partial charge in [-0.25, -0.2) is 4.39 Å². The van der Waals surface area contributed by atoms with Gasteiger partial charge in [0.1, 0.15) is 5.82 Å². The van der Waals surface area contributed by atoms with E-state index in [2.05, 4.69) is 0 Å². The van der Waals surface area contributed by atoms with Gasteiger partial charge in [-0.1, -0.05) is 0 Å². The third-order valence-corrected chi connectivity index (χ3v) is 3.88. The zero-order valence-electron chi connectivity index (χ0n) is 10.5. The maximum absolute atomic E-state index is 14.1. The number of carbonyl (C=O) groups is 2. The minimum absolute atomic E-state index is 0.0338. The van der Waals surface area contributed by atoms with Gasteiger partial charge < -0.3 is 5.11 Å². The van der Waals surface area contributed by atoms with Crippen molar-refractivity contribution in [1.29, 1.82) is 0 Å². The highest BCUT2D eigenvalue weighted by Gasteiger charge is 2.45. The molecule has 0 unspecified atom stereocenters. The molecule has 1 N–H and O–H groups in total. The molecule has 19 heavy (non-hydrogen) atoms. The van der Waals surface area contributed by atoms with Crippen LogP contribution >= 0.6 is 0 Å². The summed E-state index contributed by atoms with van der Waals surface area (Å²) in [6.07, 6.45) is 1.24. The molecule has 5 heteroatoms. The molecule has 0 aromatic heterocycles. The maximum Gasteiger partial charge on any atom is 0.299 e. The lowest BCUT2D eigenvalue weighted by Gasteiger charge is -2.27. The van der Waals surface area contributed by atoms with Crippen LogP contribution in [0.1, 0.15) is 35.2 Å². The smallest absolute Gasteiger partial charge is 0.299 e. The number of aliphatic hydroxyl groups is 1. The Morgan fingerprint density at radius 2 is 2.05 bits per heavy atom. The summed E-state index contributed by atoms with van der Waals surface area (Å²) >= 11 is 0. The second kappa shape index (κ2) is 4.13. The molecule has 3 rings (SSSR count). The third kappa shape index (κ3) is 1.69. The summed E-state index contributed by atoms with van der Waals surface area (Å²) in [7, 11) is 0. The summed E-state index contributed by atoms with van der Waals surface area (Å²) in [6, 6.07) is 2.34. The first-order valence-electron chi connectivity index (χ1n) is 6.37. The number of nitrogens with zero attached hydrogens (tertiary/aromatic N) is 1. The summed E-state index contributed by atoms with van der Waals surface area (Å²) in [5.41, 5.74) is 0.749. The van der Waals surface area contributed by atoms with Crippen LogP contribution in [0.2, 0.25) is 0 Å². The first-order chi connectivity index (χ1) is 9.00. The molecule has 2 atom stereocenters. The van der Waals surface area contributed by atoms with E-state index in [1.165, 1.54) is 12.1 Å². The number of anilines is 1. The summed E-state index contributed by atoms with van der Waals surface area (Å²) in [5.74, 6) is -1.99. The van der Waals surface area contributed by atoms with E-state index < -0.39 is 29.7 Å². The topological polar surface area (TPSA) is 57.6 Å². The second-order valence-electron chi connectivity index (χ2n) is 5.21. The van der Waals surface area contributed by atoms with Gasteiger partial charge in [-0.3, -0.25) is 14.5 Å². The van der Waals surface area contributed by atoms with Gasteiger partial charge in [0.15, 0.2) is 0 Å². The van der Waals surface area contributed by atoms with E-state index in [-0.39, 0.29) is 11.3 Å². The molecule has 0 spiro atoms. The number of carbonyl (C=O) groups excluding carboxylic acids is 2. The highest BCUT2D eigenvalue weighted by Crippen LogP contribution is 2.38. The Bertz CT molecular complexity index is 584. The van der Waals surface area contributed by atoms with Crippen molar-refractivity contribution in [1.82, 2.24) is 0 Å². The number of Topliss-reactive ketones (excluding diaryl/α,β-unsaturated/α-hetero) is 1. The van der Waals surface area contributed by atoms with E-state index in [1.54, 1.807) is 6.92 Å². The lowest BCUT2D eigenvalue weighted by atomic mass is 10.1. The number of rotatable bonds is 1. The largest absolute Gasteiger partial charge is 0.391 e. The second-order valence-corrected chi connectivity index (χ2v) is 5.21. The Hall–Kier alpha value is -1.75. The lowest BCUT2D eigenvalue weighted by Crippen LogP contribution is -2.44. The first-order valence-corrected chi connectivity index (χ1v) is 6.37. The van der Waals surface area contributed by atoms with Crippen molar-refractivity contribution < 1.29 is 19.1 Å². The number of benzene rings is 1. The molecular weight excluding hydrogens is 249 g/mol. The molecule has 0 radical (unpaired) electrons. The molecule has 4 nitrogen and oxygen atoms in total. The standard InChI is InChI=1S/C14H14FNO3/c1-7-5-8-12(9(15)6-7)16(14(19)13(8)18)10-3-2-4-11(10)17/h5-6,10-11,17H,2-4H2,1H3/t10-,11-/m0/s1. The van der Waals surface area contributed by atoms with Crippen LogP contribution in [0.15, 0.2) is 12.1 Å². The van der Waals surface area contributed by atoms with Gasteiger partial charge >= 0.3 is 0 Å². The van der Waals surface area contributed by atoms with Gasteiger partial charge in [0.05, 0.1) is 23.4 Å². The number of halogens is 1. The molecule has 1 amide bonds. The molecule has 1 aromatic rings. The number of hydrogen-bond donors (Lipinski definition) is 1. The van der Waals surface area contributed by atoms with Gasteiger partial charge in [0.2, 0.25) is 0 Å². The number of aryl methyl sites for hydroxylation is 1. The Morgan fingerprint density at radius 1 is 1.32 bits per heavy atom. The summed E-state index contributed by atoms with van der Waals surface area (Å²) in [4.78, 5) is 25.1. The summed E-state index contributed by atoms with van der Waals surface area (Å²) in [6.45, 7) is 1.67. The van der Waals surface area contributed by atoms with Crippen molar-refractivity contribution in [2.24, 2.45) is 0 Å². The first kappa shape index (κ1) is 12.3. The van der Waals surface area contributed by atoms with Crippen LogP contribution in [0.4, 0.5) is 10.1 Å². The third-order valence-electron chi connectivity index (χ3n) is 3.88. The highest BCUT2D eigenvalue weighted by atomic mass is 19.1. The molecule has 1 heterocycles. The van der Waals surface area contributed by atoms with E-state index in [1.807, 2.05) is 0 Å². The van der Waals surface area contributed by atoms with Crippen LogP contribution in [-0.4, -0.2) is 28.9 Å². The SMILES string of the molecule is Cc1cc(F)c2c(c1)C(=O)C(=O)N2[C@H]1CCC[C@@H]1O. The van der Waals surface area contributed by atoms with Crippen LogP contribution < -0.4 is 4.90 Å². The Balaban J connectivity index is 2.14. The molecule has 1 aliphatic heterocycles. The van der Waals surface area contributed by atoms with E-state index in [9.17, 15) is 19.1 Å². The van der Waals surface area contributed by atoms with E-state index in [0.717, 1.165) is 11.3 Å². The van der Waals surface area contributed by atoms with Crippen molar-refractivity contribution in [3.63, 3.8) is 0 Å². The van der Waals surface area contributed by atoms with E-state index >= 15 is 0 Å². The minimum Gasteiger partial charge on any atom is -0.391 e. The normalized spacial score (nSPS) is 26.2. The van der Waals surface area contributed by atoms with Crippen molar-refractivity contribution in [3.8, 4) is 0 Å². The molecule has 1 aliphatic carbocycles. The quantitative estimate of drug-likeness (QED) is 0.782. The lowest BCUT2D eigenvalue weighted by molar-refractivity contribution is -0.115. The van der Waals surface area contributed by atoms with Crippen LogP contribution in [0.25, 0.3) is 0 Å². The fourth-order valence-electron chi connectivity index (χ4n) is 3.02. The van der Waals surface area contributed by atoms with Crippen LogP contribution in [0, 0.1) is 12.7 Å². The van der Waals surface area contributed by atoms with Crippen molar-refractivity contribution in [3.05, 3.63) is 29.1 Å². The number of hydrogen-bond acceptors (Lipinski definition) is 3. The predicted octanol–water partition coefficient (Wildman–Crippen LogP) is 1.58. The predicted molar refractivity (Wildman–Crippen MR) is 66.6 cm³/mol. The fourth-order valence-corrected chi connectivity index (χ4v) is 3.02. The van der Waals surface area contributed by atoms with Gasteiger partial charge in [-0.05, 0) is 43.9 Å². The van der Waals surface area contributed by atoms with Crippen molar-refractivity contribution >= 4 is 17.4 Å². The van der Waals surface area contributed by atoms with Crippen LogP contribution in [0.3, 0.4) is 0 Å². The number of ketones is 1. The molecule has 0 bridgehead atoms. The molecule has 100 valence electrons.